The molecule has 0 radical (unpaired) electrons. The van der Waals surface area contributed by atoms with Crippen LogP contribution in [0.15, 0.2) is 17.5 Å². The van der Waals surface area contributed by atoms with Crippen molar-refractivity contribution in [3.8, 4) is 0 Å². The van der Waals surface area contributed by atoms with Crippen LogP contribution < -0.4 is 5.73 Å². The van der Waals surface area contributed by atoms with E-state index in [4.69, 9.17) is 10.9 Å². The lowest BCUT2D eigenvalue weighted by Crippen LogP contribution is -2.44. The molecule has 1 aliphatic heterocycles. The van der Waals surface area contributed by atoms with Gasteiger partial charge in [-0.25, -0.2) is 0 Å². The summed E-state index contributed by atoms with van der Waals surface area (Å²) in [5, 5.41) is 15.7. The Morgan fingerprint density at radius 2 is 2.44 bits per heavy atom. The van der Waals surface area contributed by atoms with Crippen molar-refractivity contribution in [3.63, 3.8) is 0 Å². The first-order chi connectivity index (χ1) is 8.61. The smallest absolute Gasteiger partial charge is 0.257 e. The molecule has 7 heteroatoms. The summed E-state index contributed by atoms with van der Waals surface area (Å²) in [4.78, 5) is 13.9. The molecule has 1 aromatic rings. The van der Waals surface area contributed by atoms with E-state index in [1.54, 1.807) is 29.0 Å². The van der Waals surface area contributed by atoms with Crippen molar-refractivity contribution in [1.29, 1.82) is 0 Å². The molecule has 0 bridgehead atoms. The number of aryl methyl sites for hydroxylation is 1. The van der Waals surface area contributed by atoms with Gasteiger partial charge in [-0.3, -0.25) is 9.48 Å². The molecule has 0 aliphatic carbocycles. The number of likely N-dealkylation sites (tertiary alicyclic amines) is 1. The molecule has 1 unspecified atom stereocenters. The van der Waals surface area contributed by atoms with Gasteiger partial charge in [0.05, 0.1) is 11.8 Å². The quantitative estimate of drug-likeness (QED) is 0.335. The van der Waals surface area contributed by atoms with Gasteiger partial charge in [-0.05, 0) is 12.8 Å². The molecular weight excluding hydrogens is 234 g/mol. The Balaban J connectivity index is 2.07. The molecule has 1 fully saturated rings. The number of amidine groups is 1. The summed E-state index contributed by atoms with van der Waals surface area (Å²) in [5.74, 6) is 0.0709. The van der Waals surface area contributed by atoms with Gasteiger partial charge in [-0.1, -0.05) is 5.16 Å². The summed E-state index contributed by atoms with van der Waals surface area (Å²) < 4.78 is 1.60. The second kappa shape index (κ2) is 5.07. The van der Waals surface area contributed by atoms with Crippen LogP contribution in [-0.2, 0) is 7.05 Å². The van der Waals surface area contributed by atoms with Crippen LogP contribution >= 0.6 is 0 Å². The number of hydrogen-bond acceptors (Lipinski definition) is 4. The van der Waals surface area contributed by atoms with Crippen LogP contribution in [0.3, 0.4) is 0 Å². The molecule has 1 atom stereocenters. The molecule has 1 saturated heterocycles. The molecule has 1 aliphatic rings. The Morgan fingerprint density at radius 1 is 1.67 bits per heavy atom. The summed E-state index contributed by atoms with van der Waals surface area (Å²) in [6.45, 7) is 1.19. The Hall–Kier alpha value is -2.05. The van der Waals surface area contributed by atoms with E-state index in [1.807, 2.05) is 0 Å². The normalized spacial score (nSPS) is 21.1. The molecular formula is C11H17N5O2. The number of nitrogens with two attached hydrogens (primary N) is 1. The SMILES string of the molecule is Cn1cc(C(=O)N2CCCC(C(N)=NO)C2)cn1. The largest absolute Gasteiger partial charge is 0.409 e. The number of nitrogens with zero attached hydrogens (tertiary/aromatic N) is 4. The monoisotopic (exact) mass is 251 g/mol. The molecule has 7 nitrogen and oxygen atoms in total. The van der Waals surface area contributed by atoms with E-state index in [0.29, 0.717) is 18.7 Å². The maximum atomic E-state index is 12.2. The molecule has 3 N–H and O–H groups in total. The minimum atomic E-state index is -0.0654. The molecule has 1 amide bonds. The van der Waals surface area contributed by atoms with Gasteiger partial charge in [-0.2, -0.15) is 5.10 Å². The van der Waals surface area contributed by atoms with Crippen molar-refractivity contribution in [2.24, 2.45) is 23.9 Å². The number of piperidine rings is 1. The lowest BCUT2D eigenvalue weighted by atomic mass is 9.96. The zero-order valence-electron chi connectivity index (χ0n) is 10.3. The Labute approximate surface area is 105 Å². The van der Waals surface area contributed by atoms with E-state index >= 15 is 0 Å². The van der Waals surface area contributed by atoms with Crippen LogP contribution in [0.5, 0.6) is 0 Å². The third-order valence-electron chi connectivity index (χ3n) is 3.19. The standard InChI is InChI=1S/C11H17N5O2/c1-15-6-9(5-13-15)11(17)16-4-2-3-8(7-16)10(12)14-18/h5-6,8,18H,2-4,7H2,1H3,(H2,12,14). The topological polar surface area (TPSA) is 96.7 Å². The number of carbonyl (C=O) groups excluding carboxylic acids is 1. The number of amides is 1. The van der Waals surface area contributed by atoms with Crippen LogP contribution in [0, 0.1) is 5.92 Å². The summed E-state index contributed by atoms with van der Waals surface area (Å²) >= 11 is 0. The Bertz CT molecular complexity index is 468. The van der Waals surface area contributed by atoms with Gasteiger partial charge in [0, 0.05) is 32.3 Å². The van der Waals surface area contributed by atoms with E-state index in [1.165, 1.54) is 0 Å². The Morgan fingerprint density at radius 3 is 3.06 bits per heavy atom. The second-order valence-corrected chi connectivity index (χ2v) is 4.52. The zero-order chi connectivity index (χ0) is 13.1. The number of carbonyl (C=O) groups is 1. The van der Waals surface area contributed by atoms with Crippen molar-refractivity contribution in [1.82, 2.24) is 14.7 Å². The lowest BCUT2D eigenvalue weighted by Gasteiger charge is -2.31. The Kier molecular flexibility index (Phi) is 3.50. The fraction of sp³-hybridized carbons (Fsp3) is 0.545. The van der Waals surface area contributed by atoms with E-state index in [9.17, 15) is 4.79 Å². The van der Waals surface area contributed by atoms with Gasteiger partial charge in [-0.15, -0.1) is 0 Å². The van der Waals surface area contributed by atoms with Crippen molar-refractivity contribution in [2.45, 2.75) is 12.8 Å². The fourth-order valence-corrected chi connectivity index (χ4v) is 2.20. The number of aromatic nitrogens is 2. The van der Waals surface area contributed by atoms with Gasteiger partial charge >= 0.3 is 0 Å². The molecule has 2 rings (SSSR count). The van der Waals surface area contributed by atoms with Crippen molar-refractivity contribution in [3.05, 3.63) is 18.0 Å². The first-order valence-corrected chi connectivity index (χ1v) is 5.87. The molecule has 0 aromatic carbocycles. The minimum absolute atomic E-state index is 0.0569. The van der Waals surface area contributed by atoms with E-state index in [0.717, 1.165) is 12.8 Å². The first kappa shape index (κ1) is 12.4. The van der Waals surface area contributed by atoms with Gasteiger partial charge in [0.1, 0.15) is 5.84 Å². The van der Waals surface area contributed by atoms with Crippen LogP contribution in [0.25, 0.3) is 0 Å². The van der Waals surface area contributed by atoms with Crippen molar-refractivity contribution >= 4 is 11.7 Å². The van der Waals surface area contributed by atoms with Crippen LogP contribution in [0.4, 0.5) is 0 Å². The highest BCUT2D eigenvalue weighted by Gasteiger charge is 2.27. The molecule has 0 saturated carbocycles. The van der Waals surface area contributed by atoms with Gasteiger partial charge in [0.25, 0.3) is 5.91 Å². The fourth-order valence-electron chi connectivity index (χ4n) is 2.20. The highest BCUT2D eigenvalue weighted by Crippen LogP contribution is 2.18. The minimum Gasteiger partial charge on any atom is -0.409 e. The van der Waals surface area contributed by atoms with Crippen LogP contribution in [-0.4, -0.2) is 44.7 Å². The van der Waals surface area contributed by atoms with E-state index in [-0.39, 0.29) is 17.7 Å². The number of hydrogen-bond donors (Lipinski definition) is 2. The third-order valence-corrected chi connectivity index (χ3v) is 3.19. The molecule has 2 heterocycles. The van der Waals surface area contributed by atoms with Gasteiger partial charge in [0.2, 0.25) is 0 Å². The highest BCUT2D eigenvalue weighted by atomic mass is 16.4. The maximum absolute atomic E-state index is 12.2. The second-order valence-electron chi connectivity index (χ2n) is 4.52. The molecule has 98 valence electrons. The predicted octanol–water partition coefficient (Wildman–Crippen LogP) is 0.0187. The summed E-state index contributed by atoms with van der Waals surface area (Å²) in [6.07, 6.45) is 4.93. The average molecular weight is 251 g/mol. The molecule has 18 heavy (non-hydrogen) atoms. The zero-order valence-corrected chi connectivity index (χ0v) is 10.3. The third kappa shape index (κ3) is 2.44. The predicted molar refractivity (Wildman–Crippen MR) is 65.2 cm³/mol. The first-order valence-electron chi connectivity index (χ1n) is 5.87. The highest BCUT2D eigenvalue weighted by molar-refractivity contribution is 5.94. The van der Waals surface area contributed by atoms with E-state index in [2.05, 4.69) is 10.3 Å². The van der Waals surface area contributed by atoms with E-state index < -0.39 is 0 Å². The van der Waals surface area contributed by atoms with Gasteiger partial charge in [0.15, 0.2) is 0 Å². The van der Waals surface area contributed by atoms with Crippen LogP contribution in [0.2, 0.25) is 0 Å². The number of oxime groups is 1. The maximum Gasteiger partial charge on any atom is 0.257 e. The number of rotatable bonds is 2. The molecule has 1 aromatic heterocycles. The lowest BCUT2D eigenvalue weighted by molar-refractivity contribution is 0.0701. The van der Waals surface area contributed by atoms with Crippen LogP contribution in [0.1, 0.15) is 23.2 Å². The van der Waals surface area contributed by atoms with Gasteiger partial charge < -0.3 is 15.8 Å². The average Bonchev–Trinajstić information content (AvgIpc) is 2.83. The summed E-state index contributed by atoms with van der Waals surface area (Å²) in [7, 11) is 1.77. The van der Waals surface area contributed by atoms with Crippen molar-refractivity contribution < 1.29 is 10.0 Å². The summed E-state index contributed by atoms with van der Waals surface area (Å²) in [5.41, 5.74) is 6.17. The van der Waals surface area contributed by atoms with Crippen molar-refractivity contribution in [2.75, 3.05) is 13.1 Å². The summed E-state index contributed by atoms with van der Waals surface area (Å²) in [6, 6.07) is 0. The molecule has 0 spiro atoms.